The summed E-state index contributed by atoms with van der Waals surface area (Å²) in [6.45, 7) is 3.90. The number of hydrogen-bond acceptors (Lipinski definition) is 3. The Hall–Kier alpha value is -0.840. The van der Waals surface area contributed by atoms with Crippen molar-refractivity contribution in [3.05, 3.63) is 43.2 Å². The molecule has 0 bridgehead atoms. The Morgan fingerprint density at radius 1 is 1.41 bits per heavy atom. The fourth-order valence-corrected chi connectivity index (χ4v) is 3.39. The van der Waals surface area contributed by atoms with Crippen LogP contribution in [0.25, 0.3) is 0 Å². The highest BCUT2D eigenvalue weighted by Gasteiger charge is 2.15. The van der Waals surface area contributed by atoms with Crippen LogP contribution >= 0.6 is 34.3 Å². The average molecular weight is 286 g/mol. The van der Waals surface area contributed by atoms with Crippen LogP contribution in [-0.4, -0.2) is 5.91 Å². The third-order valence-electron chi connectivity index (χ3n) is 2.44. The van der Waals surface area contributed by atoms with Crippen LogP contribution in [0.4, 0.5) is 0 Å². The molecule has 0 aromatic carbocycles. The number of nitrogens with one attached hydrogen (secondary N) is 1. The van der Waals surface area contributed by atoms with Gasteiger partial charge in [0, 0.05) is 4.88 Å². The molecule has 1 N–H and O–H groups in total. The lowest BCUT2D eigenvalue weighted by molar-refractivity contribution is 0.0944. The van der Waals surface area contributed by atoms with E-state index in [0.29, 0.717) is 0 Å². The Morgan fingerprint density at radius 3 is 2.71 bits per heavy atom. The summed E-state index contributed by atoms with van der Waals surface area (Å²) in [5, 5.41) is 4.90. The third kappa shape index (κ3) is 2.89. The predicted octanol–water partition coefficient (Wildman–Crippen LogP) is 4.26. The maximum Gasteiger partial charge on any atom is 0.262 e. The van der Waals surface area contributed by atoms with E-state index in [9.17, 15) is 4.79 Å². The van der Waals surface area contributed by atoms with Gasteiger partial charge in [-0.1, -0.05) is 11.6 Å². The van der Waals surface area contributed by atoms with E-state index in [1.807, 2.05) is 37.4 Å². The highest BCUT2D eigenvalue weighted by atomic mass is 35.5. The Morgan fingerprint density at radius 2 is 2.18 bits per heavy atom. The number of halogens is 1. The fraction of sp³-hybridized carbons (Fsp3) is 0.250. The van der Waals surface area contributed by atoms with Gasteiger partial charge < -0.3 is 5.32 Å². The first-order chi connectivity index (χ1) is 8.08. The summed E-state index contributed by atoms with van der Waals surface area (Å²) in [5.41, 5.74) is 1.02. The average Bonchev–Trinajstić information content (AvgIpc) is 2.86. The molecular formula is C12H12ClNOS2. The quantitative estimate of drug-likeness (QED) is 0.897. The molecule has 0 spiro atoms. The summed E-state index contributed by atoms with van der Waals surface area (Å²) in [6, 6.07) is 5.73. The number of thiophene rings is 2. The lowest BCUT2D eigenvalue weighted by atomic mass is 10.2. The van der Waals surface area contributed by atoms with Crippen LogP contribution in [0.2, 0.25) is 4.34 Å². The second-order valence-corrected chi connectivity index (χ2v) is 6.43. The zero-order valence-corrected chi connectivity index (χ0v) is 11.9. The molecule has 0 aliphatic rings. The maximum absolute atomic E-state index is 12.0. The molecule has 0 aliphatic carbocycles. The highest BCUT2D eigenvalue weighted by Crippen LogP contribution is 2.27. The normalized spacial score (nSPS) is 12.4. The van der Waals surface area contributed by atoms with E-state index >= 15 is 0 Å². The first kappa shape index (κ1) is 12.6. The van der Waals surface area contributed by atoms with Crippen molar-refractivity contribution in [1.82, 2.24) is 5.32 Å². The van der Waals surface area contributed by atoms with Gasteiger partial charge in [0.05, 0.1) is 15.3 Å². The zero-order chi connectivity index (χ0) is 12.4. The van der Waals surface area contributed by atoms with Crippen molar-refractivity contribution >= 4 is 40.2 Å². The van der Waals surface area contributed by atoms with Crippen molar-refractivity contribution in [3.63, 3.8) is 0 Å². The molecule has 1 amide bonds. The lowest BCUT2D eigenvalue weighted by Gasteiger charge is -2.11. The van der Waals surface area contributed by atoms with Gasteiger partial charge in [-0.15, -0.1) is 22.7 Å². The molecule has 90 valence electrons. The SMILES string of the molecule is Cc1ccsc1C(=O)N[C@H](C)c1ccc(Cl)s1. The van der Waals surface area contributed by atoms with E-state index in [2.05, 4.69) is 5.32 Å². The van der Waals surface area contributed by atoms with Gasteiger partial charge in [-0.2, -0.15) is 0 Å². The van der Waals surface area contributed by atoms with Gasteiger partial charge in [-0.3, -0.25) is 4.79 Å². The largest absolute Gasteiger partial charge is 0.344 e. The van der Waals surface area contributed by atoms with Gasteiger partial charge in [0.25, 0.3) is 5.91 Å². The smallest absolute Gasteiger partial charge is 0.262 e. The van der Waals surface area contributed by atoms with Gasteiger partial charge in [0.1, 0.15) is 0 Å². The number of hydrogen-bond donors (Lipinski definition) is 1. The number of aryl methyl sites for hydroxylation is 1. The molecule has 2 heterocycles. The Kier molecular flexibility index (Phi) is 3.86. The maximum atomic E-state index is 12.0. The second-order valence-electron chi connectivity index (χ2n) is 3.77. The molecule has 0 saturated heterocycles. The number of carbonyl (C=O) groups excluding carboxylic acids is 1. The van der Waals surface area contributed by atoms with Gasteiger partial charge >= 0.3 is 0 Å². The van der Waals surface area contributed by atoms with Gasteiger partial charge in [0.15, 0.2) is 0 Å². The van der Waals surface area contributed by atoms with Crippen LogP contribution in [0.15, 0.2) is 23.6 Å². The van der Waals surface area contributed by atoms with Crippen LogP contribution in [0.1, 0.15) is 33.1 Å². The number of amides is 1. The van der Waals surface area contributed by atoms with E-state index in [-0.39, 0.29) is 11.9 Å². The molecule has 2 rings (SSSR count). The van der Waals surface area contributed by atoms with Crippen LogP contribution < -0.4 is 5.32 Å². The van der Waals surface area contributed by atoms with Crippen molar-refractivity contribution in [2.75, 3.05) is 0 Å². The van der Waals surface area contributed by atoms with E-state index in [1.165, 1.54) is 22.7 Å². The summed E-state index contributed by atoms with van der Waals surface area (Å²) >= 11 is 8.83. The number of carbonyl (C=O) groups is 1. The first-order valence-electron chi connectivity index (χ1n) is 5.18. The Labute approximate surface area is 113 Å². The minimum atomic E-state index is -0.0190. The molecule has 17 heavy (non-hydrogen) atoms. The molecule has 5 heteroatoms. The van der Waals surface area contributed by atoms with Crippen molar-refractivity contribution in [3.8, 4) is 0 Å². The van der Waals surface area contributed by atoms with E-state index in [4.69, 9.17) is 11.6 Å². The summed E-state index contributed by atoms with van der Waals surface area (Å²) in [7, 11) is 0. The summed E-state index contributed by atoms with van der Waals surface area (Å²) in [5.74, 6) is -0.0190. The molecule has 0 radical (unpaired) electrons. The minimum absolute atomic E-state index is 0.0125. The predicted molar refractivity (Wildman–Crippen MR) is 74.3 cm³/mol. The number of rotatable bonds is 3. The minimum Gasteiger partial charge on any atom is -0.344 e. The third-order valence-corrected chi connectivity index (χ3v) is 4.87. The Bertz CT molecular complexity index is 532. The van der Waals surface area contributed by atoms with Gasteiger partial charge in [-0.25, -0.2) is 0 Å². The van der Waals surface area contributed by atoms with Gasteiger partial charge in [0.2, 0.25) is 0 Å². The van der Waals surface area contributed by atoms with Crippen molar-refractivity contribution < 1.29 is 4.79 Å². The second kappa shape index (κ2) is 5.21. The molecule has 0 unspecified atom stereocenters. The van der Waals surface area contributed by atoms with E-state index < -0.39 is 0 Å². The van der Waals surface area contributed by atoms with Crippen LogP contribution in [0, 0.1) is 6.92 Å². The molecule has 0 saturated carbocycles. The Balaban J connectivity index is 2.07. The lowest BCUT2D eigenvalue weighted by Crippen LogP contribution is -2.25. The summed E-state index contributed by atoms with van der Waals surface area (Å²) in [4.78, 5) is 13.8. The topological polar surface area (TPSA) is 29.1 Å². The van der Waals surface area contributed by atoms with Crippen molar-refractivity contribution in [2.24, 2.45) is 0 Å². The molecule has 2 aromatic rings. The molecule has 0 fully saturated rings. The molecule has 2 nitrogen and oxygen atoms in total. The van der Waals surface area contributed by atoms with E-state index in [1.54, 1.807) is 0 Å². The fourth-order valence-electron chi connectivity index (χ4n) is 1.50. The van der Waals surface area contributed by atoms with Crippen LogP contribution in [-0.2, 0) is 0 Å². The van der Waals surface area contributed by atoms with Crippen LogP contribution in [0.3, 0.4) is 0 Å². The van der Waals surface area contributed by atoms with E-state index in [0.717, 1.165) is 19.7 Å². The standard InChI is InChI=1S/C12H12ClNOS2/c1-7-5-6-16-11(7)12(15)14-8(2)9-3-4-10(13)17-9/h3-6,8H,1-2H3,(H,14,15)/t8-/m1/s1. The summed E-state index contributed by atoms with van der Waals surface area (Å²) in [6.07, 6.45) is 0. The molecule has 2 aromatic heterocycles. The van der Waals surface area contributed by atoms with Crippen molar-refractivity contribution in [2.45, 2.75) is 19.9 Å². The summed E-state index contributed by atoms with van der Waals surface area (Å²) < 4.78 is 0.744. The van der Waals surface area contributed by atoms with Crippen molar-refractivity contribution in [1.29, 1.82) is 0 Å². The molecular weight excluding hydrogens is 274 g/mol. The monoisotopic (exact) mass is 285 g/mol. The molecule has 0 aliphatic heterocycles. The highest BCUT2D eigenvalue weighted by molar-refractivity contribution is 7.16. The molecule has 1 atom stereocenters. The van der Waals surface area contributed by atoms with Crippen LogP contribution in [0.5, 0.6) is 0 Å². The zero-order valence-electron chi connectivity index (χ0n) is 9.49. The first-order valence-corrected chi connectivity index (χ1v) is 7.25. The van der Waals surface area contributed by atoms with Gasteiger partial charge in [-0.05, 0) is 43.0 Å².